The van der Waals surface area contributed by atoms with Gasteiger partial charge >= 0.3 is 5.97 Å². The van der Waals surface area contributed by atoms with E-state index in [0.29, 0.717) is 23.0 Å². The molecule has 0 aliphatic rings. The van der Waals surface area contributed by atoms with E-state index in [9.17, 15) is 15.0 Å². The van der Waals surface area contributed by atoms with Crippen LogP contribution in [0.4, 0.5) is 0 Å². The maximum atomic E-state index is 11.7. The van der Waals surface area contributed by atoms with Gasteiger partial charge in [0.1, 0.15) is 29.5 Å². The predicted molar refractivity (Wildman–Crippen MR) is 116 cm³/mol. The molecule has 3 aromatic carbocycles. The fourth-order valence-corrected chi connectivity index (χ4v) is 3.41. The Bertz CT molecular complexity index is 1250. The van der Waals surface area contributed by atoms with Crippen LogP contribution in [0.25, 0.3) is 17.1 Å². The van der Waals surface area contributed by atoms with Crippen molar-refractivity contribution >= 4 is 5.97 Å². The second-order valence-electron chi connectivity index (χ2n) is 7.14. The van der Waals surface area contributed by atoms with Crippen LogP contribution in [0.5, 0.6) is 11.5 Å². The number of aryl methyl sites for hydroxylation is 2. The lowest BCUT2D eigenvalue weighted by Crippen LogP contribution is -2.06. The van der Waals surface area contributed by atoms with Gasteiger partial charge in [-0.05, 0) is 37.1 Å². The van der Waals surface area contributed by atoms with Crippen LogP contribution >= 0.6 is 0 Å². The van der Waals surface area contributed by atoms with Crippen LogP contribution < -0.4 is 4.74 Å². The lowest BCUT2D eigenvalue weighted by atomic mass is 10.1. The minimum absolute atomic E-state index is 0.237. The van der Waals surface area contributed by atoms with E-state index in [1.165, 1.54) is 12.1 Å². The molecule has 0 radical (unpaired) electrons. The average molecular weight is 415 g/mol. The van der Waals surface area contributed by atoms with E-state index in [1.807, 2.05) is 73.0 Å². The number of aromatic hydroxyl groups is 1. The van der Waals surface area contributed by atoms with Crippen LogP contribution in [0.3, 0.4) is 0 Å². The highest BCUT2D eigenvalue weighted by molar-refractivity contribution is 5.93. The Kier molecular flexibility index (Phi) is 5.41. The number of hydrogen-bond donors (Lipinski definition) is 2. The van der Waals surface area contributed by atoms with Crippen molar-refractivity contribution in [2.75, 3.05) is 0 Å². The molecule has 1 heterocycles. The summed E-state index contributed by atoms with van der Waals surface area (Å²) < 4.78 is 7.84. The third kappa shape index (κ3) is 3.98. The SMILES string of the molecule is Cc1ccccc1-n1c(C)nnc1-c1cc(C(=O)O)c(O)cc1OCc1ccccc1. The fraction of sp³-hybridized carbons (Fsp3) is 0.125. The number of carboxylic acid groups (broad SMARTS) is 1. The molecule has 0 spiro atoms. The summed E-state index contributed by atoms with van der Waals surface area (Å²) in [5.74, 6) is -0.237. The molecule has 2 N–H and O–H groups in total. The Morgan fingerprint density at radius 2 is 1.71 bits per heavy atom. The summed E-state index contributed by atoms with van der Waals surface area (Å²) in [4.78, 5) is 11.7. The van der Waals surface area contributed by atoms with Crippen molar-refractivity contribution in [3.63, 3.8) is 0 Å². The third-order valence-corrected chi connectivity index (χ3v) is 4.99. The van der Waals surface area contributed by atoms with Crippen LogP contribution in [-0.4, -0.2) is 30.9 Å². The van der Waals surface area contributed by atoms with Gasteiger partial charge in [-0.3, -0.25) is 4.57 Å². The Hall–Kier alpha value is -4.13. The summed E-state index contributed by atoms with van der Waals surface area (Å²) >= 11 is 0. The topological polar surface area (TPSA) is 97.5 Å². The standard InChI is InChI=1S/C24H21N3O4/c1-15-8-6-7-11-20(15)27-16(2)25-26-23(27)19-12-18(24(29)30)21(28)13-22(19)31-14-17-9-4-3-5-10-17/h3-13,28H,14H2,1-2H3,(H,29,30). The molecule has 0 saturated heterocycles. The minimum atomic E-state index is -1.24. The van der Waals surface area contributed by atoms with E-state index < -0.39 is 5.97 Å². The van der Waals surface area contributed by atoms with E-state index in [2.05, 4.69) is 10.2 Å². The van der Waals surface area contributed by atoms with E-state index in [0.717, 1.165) is 16.8 Å². The van der Waals surface area contributed by atoms with Crippen molar-refractivity contribution < 1.29 is 19.7 Å². The highest BCUT2D eigenvalue weighted by Gasteiger charge is 2.22. The number of rotatable bonds is 6. The van der Waals surface area contributed by atoms with Gasteiger partial charge < -0.3 is 14.9 Å². The largest absolute Gasteiger partial charge is 0.507 e. The number of benzene rings is 3. The molecule has 0 saturated carbocycles. The van der Waals surface area contributed by atoms with Crippen molar-refractivity contribution in [2.45, 2.75) is 20.5 Å². The van der Waals surface area contributed by atoms with Gasteiger partial charge in [0.15, 0.2) is 5.82 Å². The van der Waals surface area contributed by atoms with Gasteiger partial charge in [-0.15, -0.1) is 10.2 Å². The van der Waals surface area contributed by atoms with E-state index >= 15 is 0 Å². The monoisotopic (exact) mass is 415 g/mol. The molecule has 0 amide bonds. The first-order chi connectivity index (χ1) is 15.0. The minimum Gasteiger partial charge on any atom is -0.507 e. The van der Waals surface area contributed by atoms with Crippen LogP contribution in [0.15, 0.2) is 66.7 Å². The Labute approximate surface area is 179 Å². The highest BCUT2D eigenvalue weighted by atomic mass is 16.5. The first-order valence-corrected chi connectivity index (χ1v) is 9.71. The van der Waals surface area contributed by atoms with E-state index in [-0.39, 0.29) is 17.9 Å². The maximum Gasteiger partial charge on any atom is 0.339 e. The lowest BCUT2D eigenvalue weighted by molar-refractivity contribution is 0.0693. The van der Waals surface area contributed by atoms with Crippen molar-refractivity contribution in [1.29, 1.82) is 0 Å². The zero-order chi connectivity index (χ0) is 22.0. The zero-order valence-electron chi connectivity index (χ0n) is 17.1. The summed E-state index contributed by atoms with van der Waals surface area (Å²) in [7, 11) is 0. The number of hydrogen-bond acceptors (Lipinski definition) is 5. The molecule has 0 bridgehead atoms. The molecule has 0 aliphatic carbocycles. The molecule has 4 aromatic rings. The Morgan fingerprint density at radius 3 is 2.42 bits per heavy atom. The van der Waals surface area contributed by atoms with Gasteiger partial charge in [-0.1, -0.05) is 48.5 Å². The van der Waals surface area contributed by atoms with Crippen molar-refractivity contribution in [1.82, 2.24) is 14.8 Å². The number of phenols is 1. The lowest BCUT2D eigenvalue weighted by Gasteiger charge is -2.16. The zero-order valence-corrected chi connectivity index (χ0v) is 17.1. The summed E-state index contributed by atoms with van der Waals surface area (Å²) in [6, 6.07) is 20.0. The normalized spacial score (nSPS) is 10.8. The molecule has 1 aromatic heterocycles. The summed E-state index contributed by atoms with van der Waals surface area (Å²) in [5, 5.41) is 28.3. The molecule has 31 heavy (non-hydrogen) atoms. The van der Waals surface area contributed by atoms with Gasteiger partial charge in [-0.25, -0.2) is 4.79 Å². The molecule has 7 nitrogen and oxygen atoms in total. The fourth-order valence-electron chi connectivity index (χ4n) is 3.41. The Morgan fingerprint density at radius 1 is 1.00 bits per heavy atom. The summed E-state index contributed by atoms with van der Waals surface area (Å²) in [6.45, 7) is 4.05. The first kappa shape index (κ1) is 20.2. The van der Waals surface area contributed by atoms with Gasteiger partial charge in [0.05, 0.1) is 11.3 Å². The maximum absolute atomic E-state index is 11.7. The third-order valence-electron chi connectivity index (χ3n) is 4.99. The molecule has 4 rings (SSSR count). The number of nitrogens with zero attached hydrogens (tertiary/aromatic N) is 3. The molecular formula is C24H21N3O4. The number of aromatic carboxylic acids is 1. The number of aromatic nitrogens is 3. The van der Waals surface area contributed by atoms with Crippen LogP contribution in [0.2, 0.25) is 0 Å². The van der Waals surface area contributed by atoms with Crippen molar-refractivity contribution in [3.8, 4) is 28.6 Å². The first-order valence-electron chi connectivity index (χ1n) is 9.71. The van der Waals surface area contributed by atoms with Crippen molar-refractivity contribution in [3.05, 3.63) is 89.2 Å². The van der Waals surface area contributed by atoms with Crippen LogP contribution in [0.1, 0.15) is 27.3 Å². The van der Waals surface area contributed by atoms with Gasteiger partial charge in [-0.2, -0.15) is 0 Å². The van der Waals surface area contributed by atoms with Gasteiger partial charge in [0.25, 0.3) is 0 Å². The molecule has 0 atom stereocenters. The molecule has 0 aliphatic heterocycles. The molecule has 0 fully saturated rings. The van der Waals surface area contributed by atoms with Crippen molar-refractivity contribution in [2.24, 2.45) is 0 Å². The summed E-state index contributed by atoms with van der Waals surface area (Å²) in [5.41, 5.74) is 3.01. The molecule has 156 valence electrons. The quantitative estimate of drug-likeness (QED) is 0.480. The van der Waals surface area contributed by atoms with E-state index in [4.69, 9.17) is 4.74 Å². The second kappa shape index (κ2) is 8.31. The number of para-hydroxylation sites is 1. The number of carboxylic acids is 1. The highest BCUT2D eigenvalue weighted by Crippen LogP contribution is 2.37. The molecular weight excluding hydrogens is 394 g/mol. The number of ether oxygens (including phenoxy) is 1. The molecule has 0 unspecified atom stereocenters. The molecule has 7 heteroatoms. The summed E-state index contributed by atoms with van der Waals surface area (Å²) in [6.07, 6.45) is 0. The van der Waals surface area contributed by atoms with Gasteiger partial charge in [0.2, 0.25) is 0 Å². The average Bonchev–Trinajstić information content (AvgIpc) is 3.14. The van der Waals surface area contributed by atoms with Crippen LogP contribution in [-0.2, 0) is 6.61 Å². The predicted octanol–water partition coefficient (Wildman–Crippen LogP) is 4.53. The number of carbonyl (C=O) groups is 1. The second-order valence-corrected chi connectivity index (χ2v) is 7.14. The van der Waals surface area contributed by atoms with Gasteiger partial charge in [0, 0.05) is 6.07 Å². The van der Waals surface area contributed by atoms with Crippen LogP contribution in [0, 0.1) is 13.8 Å². The Balaban J connectivity index is 1.87. The smallest absolute Gasteiger partial charge is 0.339 e. The van der Waals surface area contributed by atoms with E-state index in [1.54, 1.807) is 0 Å².